The van der Waals surface area contributed by atoms with Crippen molar-refractivity contribution in [1.82, 2.24) is 0 Å². The minimum absolute atomic E-state index is 0.0173. The number of hydrogen-bond donors (Lipinski definition) is 1. The second-order valence-electron chi connectivity index (χ2n) is 5.06. The monoisotopic (exact) mass is 316 g/mol. The molecule has 1 N–H and O–H groups in total. The predicted octanol–water partition coefficient (Wildman–Crippen LogP) is 2.23. The summed E-state index contributed by atoms with van der Waals surface area (Å²) >= 11 is 0. The van der Waals surface area contributed by atoms with Gasteiger partial charge in [-0.25, -0.2) is 0 Å². The maximum atomic E-state index is 11.8. The molecular formula is C17H18NO5+. The van der Waals surface area contributed by atoms with E-state index in [2.05, 4.69) is 0 Å². The molecule has 0 fully saturated rings. The highest BCUT2D eigenvalue weighted by Gasteiger charge is 2.28. The van der Waals surface area contributed by atoms with Crippen molar-refractivity contribution in [3.63, 3.8) is 0 Å². The predicted molar refractivity (Wildman–Crippen MR) is 80.6 cm³/mol. The Morgan fingerprint density at radius 3 is 2.35 bits per heavy atom. The first-order valence-corrected chi connectivity index (χ1v) is 7.04. The molecule has 0 amide bonds. The smallest absolute Gasteiger partial charge is 0.308 e. The molecule has 1 aromatic heterocycles. The van der Waals surface area contributed by atoms with Crippen LogP contribution < -0.4 is 14.2 Å². The van der Waals surface area contributed by atoms with Gasteiger partial charge < -0.3 is 9.47 Å². The summed E-state index contributed by atoms with van der Waals surface area (Å²) in [6.07, 6.45) is 1.20. The molecule has 23 heavy (non-hydrogen) atoms. The lowest BCUT2D eigenvalue weighted by molar-refractivity contribution is -0.909. The fourth-order valence-electron chi connectivity index (χ4n) is 2.06. The molecule has 6 nitrogen and oxygen atoms in total. The third-order valence-electron chi connectivity index (χ3n) is 3.23. The fourth-order valence-corrected chi connectivity index (χ4v) is 2.06. The van der Waals surface area contributed by atoms with Gasteiger partial charge in [0, 0.05) is 18.6 Å². The minimum atomic E-state index is -0.577. The van der Waals surface area contributed by atoms with E-state index in [0.717, 1.165) is 10.3 Å². The summed E-state index contributed by atoms with van der Waals surface area (Å²) in [6, 6.07) is 9.38. The lowest BCUT2D eigenvalue weighted by Crippen LogP contribution is -2.35. The number of Topliss-reactive ketones (excluding diaryl/α,β-unsaturated/α-hetero) is 1. The van der Waals surface area contributed by atoms with Crippen molar-refractivity contribution >= 4 is 11.8 Å². The Hall–Kier alpha value is -2.89. The third-order valence-corrected chi connectivity index (χ3v) is 3.23. The van der Waals surface area contributed by atoms with Crippen molar-refractivity contribution < 1.29 is 29.0 Å². The maximum absolute atomic E-state index is 11.8. The summed E-state index contributed by atoms with van der Waals surface area (Å²) in [5, 5.41) is 9.93. The van der Waals surface area contributed by atoms with Crippen LogP contribution in [0.25, 0.3) is 0 Å². The van der Waals surface area contributed by atoms with E-state index >= 15 is 0 Å². The van der Waals surface area contributed by atoms with Crippen molar-refractivity contribution in [2.45, 2.75) is 27.4 Å². The Balaban J connectivity index is 2.46. The summed E-state index contributed by atoms with van der Waals surface area (Å²) in [4.78, 5) is 23.1. The third kappa shape index (κ3) is 3.85. The maximum Gasteiger partial charge on any atom is 0.308 e. The molecule has 1 aromatic carbocycles. The molecule has 0 aliphatic rings. The SMILES string of the molecule is CC(=O)Oc1c(C(C)=O)c[n+](O)c(C)c1OCc1ccccc1. The lowest BCUT2D eigenvalue weighted by atomic mass is 10.1. The van der Waals surface area contributed by atoms with Gasteiger partial charge in [0.15, 0.2) is 11.5 Å². The van der Waals surface area contributed by atoms with Gasteiger partial charge in [0.05, 0.1) is 0 Å². The van der Waals surface area contributed by atoms with Gasteiger partial charge in [0.2, 0.25) is 11.9 Å². The minimum Gasteiger partial charge on any atom is -0.480 e. The van der Waals surface area contributed by atoms with Crippen LogP contribution in [0.5, 0.6) is 11.5 Å². The second kappa shape index (κ2) is 6.91. The number of rotatable bonds is 5. The fraction of sp³-hybridized carbons (Fsp3) is 0.235. The molecule has 0 spiro atoms. The molecule has 0 saturated heterocycles. The lowest BCUT2D eigenvalue weighted by Gasteiger charge is -2.13. The number of carbonyl (C=O) groups is 2. The number of ketones is 1. The number of esters is 1. The van der Waals surface area contributed by atoms with Gasteiger partial charge in [-0.3, -0.25) is 14.8 Å². The van der Waals surface area contributed by atoms with Crippen LogP contribution in [-0.4, -0.2) is 17.0 Å². The number of nitrogens with zero attached hydrogens (tertiary/aromatic N) is 1. The average molecular weight is 316 g/mol. The highest BCUT2D eigenvalue weighted by Crippen LogP contribution is 2.33. The largest absolute Gasteiger partial charge is 0.480 e. The summed E-state index contributed by atoms with van der Waals surface area (Å²) in [5.41, 5.74) is 1.29. The average Bonchev–Trinajstić information content (AvgIpc) is 2.50. The Labute approximate surface area is 133 Å². The second-order valence-corrected chi connectivity index (χ2v) is 5.06. The van der Waals surface area contributed by atoms with Gasteiger partial charge in [-0.2, -0.15) is 0 Å². The number of hydrogen-bond acceptors (Lipinski definition) is 5. The van der Waals surface area contributed by atoms with Crippen molar-refractivity contribution in [2.75, 3.05) is 0 Å². The Bertz CT molecular complexity index is 740. The van der Waals surface area contributed by atoms with Gasteiger partial charge in [-0.15, -0.1) is 0 Å². The zero-order valence-electron chi connectivity index (χ0n) is 13.2. The summed E-state index contributed by atoms with van der Waals surface area (Å²) < 4.78 is 11.7. The van der Waals surface area contributed by atoms with Crippen LogP contribution in [0.1, 0.15) is 35.5 Å². The van der Waals surface area contributed by atoms with E-state index in [1.807, 2.05) is 30.3 Å². The zero-order chi connectivity index (χ0) is 17.0. The summed E-state index contributed by atoms with van der Waals surface area (Å²) in [7, 11) is 0. The molecule has 0 atom stereocenters. The zero-order valence-corrected chi connectivity index (χ0v) is 13.2. The number of carbonyl (C=O) groups excluding carboxylic acids is 2. The van der Waals surface area contributed by atoms with Crippen LogP contribution in [0, 0.1) is 6.92 Å². The van der Waals surface area contributed by atoms with Gasteiger partial charge in [0.25, 0.3) is 5.69 Å². The summed E-state index contributed by atoms with van der Waals surface area (Å²) in [5.74, 6) is -0.760. The molecule has 120 valence electrons. The molecule has 0 bridgehead atoms. The van der Waals surface area contributed by atoms with Crippen LogP contribution in [0.3, 0.4) is 0 Å². The molecule has 2 aromatic rings. The topological polar surface area (TPSA) is 76.7 Å². The van der Waals surface area contributed by atoms with E-state index in [0.29, 0.717) is 5.69 Å². The van der Waals surface area contributed by atoms with Crippen LogP contribution >= 0.6 is 0 Å². The van der Waals surface area contributed by atoms with Gasteiger partial charge in [-0.1, -0.05) is 30.3 Å². The molecule has 0 radical (unpaired) electrons. The Morgan fingerprint density at radius 2 is 1.78 bits per heavy atom. The molecule has 0 saturated carbocycles. The first-order chi connectivity index (χ1) is 10.9. The normalized spacial score (nSPS) is 10.2. The Kier molecular flexibility index (Phi) is 4.95. The van der Waals surface area contributed by atoms with Crippen molar-refractivity contribution in [3.8, 4) is 11.5 Å². The highest BCUT2D eigenvalue weighted by molar-refractivity contribution is 5.97. The van der Waals surface area contributed by atoms with Crippen LogP contribution in [-0.2, 0) is 11.4 Å². The van der Waals surface area contributed by atoms with E-state index < -0.39 is 5.97 Å². The van der Waals surface area contributed by atoms with Crippen molar-refractivity contribution in [1.29, 1.82) is 0 Å². The molecule has 0 aliphatic heterocycles. The standard InChI is InChI=1S/C17H18NO5/c1-11-16(22-10-14-7-5-4-6-8-14)17(23-13(3)20)15(12(2)19)9-18(11)21/h4-9,21H,10H2,1-3H3/q+1. The van der Waals surface area contributed by atoms with E-state index in [1.165, 1.54) is 20.0 Å². The molecule has 2 rings (SSSR count). The molecule has 6 heteroatoms. The first-order valence-electron chi connectivity index (χ1n) is 7.04. The van der Waals surface area contributed by atoms with E-state index in [4.69, 9.17) is 9.47 Å². The molecular weight excluding hydrogens is 298 g/mol. The molecule has 0 aliphatic carbocycles. The van der Waals surface area contributed by atoms with E-state index in [1.54, 1.807) is 6.92 Å². The van der Waals surface area contributed by atoms with Crippen LogP contribution in [0.15, 0.2) is 36.5 Å². The quantitative estimate of drug-likeness (QED) is 0.396. The van der Waals surface area contributed by atoms with Gasteiger partial charge >= 0.3 is 5.97 Å². The number of aromatic nitrogens is 1. The van der Waals surface area contributed by atoms with E-state index in [-0.39, 0.29) is 29.5 Å². The van der Waals surface area contributed by atoms with Crippen molar-refractivity contribution in [3.05, 3.63) is 53.3 Å². The number of ether oxygens (including phenoxy) is 2. The van der Waals surface area contributed by atoms with Crippen LogP contribution in [0.2, 0.25) is 0 Å². The van der Waals surface area contributed by atoms with Gasteiger partial charge in [0.1, 0.15) is 12.2 Å². The number of pyridine rings is 1. The number of benzene rings is 1. The summed E-state index contributed by atoms with van der Waals surface area (Å²) in [6.45, 7) is 4.35. The van der Waals surface area contributed by atoms with Crippen molar-refractivity contribution in [2.24, 2.45) is 0 Å². The highest BCUT2D eigenvalue weighted by atomic mass is 16.6. The van der Waals surface area contributed by atoms with Gasteiger partial charge in [-0.05, 0) is 12.5 Å². The molecule has 0 unspecified atom stereocenters. The van der Waals surface area contributed by atoms with Crippen LogP contribution in [0.4, 0.5) is 0 Å². The first kappa shape index (κ1) is 16.5. The Morgan fingerprint density at radius 1 is 1.13 bits per heavy atom. The van der Waals surface area contributed by atoms with E-state index in [9.17, 15) is 14.8 Å². The molecule has 1 heterocycles.